The normalized spacial score (nSPS) is 12.5. The largest absolute Gasteiger partial charge is 0.399 e. The van der Waals surface area contributed by atoms with Crippen molar-refractivity contribution in [1.82, 2.24) is 5.06 Å². The molecule has 0 saturated carbocycles. The third kappa shape index (κ3) is 3.22. The molecule has 5 heteroatoms. The van der Waals surface area contributed by atoms with Gasteiger partial charge in [0.25, 0.3) is 0 Å². The molecular weight excluding hydrogens is 206 g/mol. The summed E-state index contributed by atoms with van der Waals surface area (Å²) in [6.45, 7) is 1.76. The number of likely N-dealkylation sites (N-methyl/N-ethyl adjacent to an activating group) is 1. The molecule has 0 radical (unpaired) electrons. The van der Waals surface area contributed by atoms with E-state index in [9.17, 15) is 4.79 Å². The molecule has 0 spiro atoms. The second kappa shape index (κ2) is 5.48. The van der Waals surface area contributed by atoms with Crippen LogP contribution >= 0.6 is 0 Å². The molecule has 0 aliphatic heterocycles. The van der Waals surface area contributed by atoms with Crippen molar-refractivity contribution in [3.63, 3.8) is 0 Å². The zero-order valence-corrected chi connectivity index (χ0v) is 9.73. The second-order valence-corrected chi connectivity index (χ2v) is 3.52. The van der Waals surface area contributed by atoms with E-state index in [-0.39, 0.29) is 11.9 Å². The van der Waals surface area contributed by atoms with Gasteiger partial charge < -0.3 is 15.9 Å². The fourth-order valence-corrected chi connectivity index (χ4v) is 1.19. The topological polar surface area (TPSA) is 67.6 Å². The molecule has 5 nitrogen and oxygen atoms in total. The van der Waals surface area contributed by atoms with Gasteiger partial charge in [-0.15, -0.1) is 0 Å². The molecule has 1 aromatic rings. The van der Waals surface area contributed by atoms with E-state index < -0.39 is 0 Å². The Kier molecular flexibility index (Phi) is 4.28. The average molecular weight is 223 g/mol. The van der Waals surface area contributed by atoms with Crippen LogP contribution in [0.25, 0.3) is 0 Å². The van der Waals surface area contributed by atoms with Crippen molar-refractivity contribution in [2.45, 2.75) is 13.0 Å². The van der Waals surface area contributed by atoms with Gasteiger partial charge in [0.15, 0.2) is 0 Å². The van der Waals surface area contributed by atoms with Gasteiger partial charge >= 0.3 is 0 Å². The van der Waals surface area contributed by atoms with E-state index in [1.165, 1.54) is 12.2 Å². The van der Waals surface area contributed by atoms with Crippen molar-refractivity contribution in [3.05, 3.63) is 24.3 Å². The molecule has 0 aliphatic rings. The molecule has 1 unspecified atom stereocenters. The molecule has 16 heavy (non-hydrogen) atoms. The molecule has 3 N–H and O–H groups in total. The summed E-state index contributed by atoms with van der Waals surface area (Å²) in [5.74, 6) is -0.144. The van der Waals surface area contributed by atoms with Gasteiger partial charge in [-0.05, 0) is 25.1 Å². The summed E-state index contributed by atoms with van der Waals surface area (Å²) in [6.07, 6.45) is 0. The first-order valence-corrected chi connectivity index (χ1v) is 4.98. The Bertz CT molecular complexity index is 368. The predicted octanol–water partition coefficient (Wildman–Crippen LogP) is 1.09. The molecule has 0 aliphatic carbocycles. The number of nitrogens with one attached hydrogen (secondary N) is 1. The number of nitrogens with two attached hydrogens (primary N) is 1. The summed E-state index contributed by atoms with van der Waals surface area (Å²) in [5.41, 5.74) is 6.91. The van der Waals surface area contributed by atoms with E-state index in [4.69, 9.17) is 10.6 Å². The zero-order chi connectivity index (χ0) is 12.1. The van der Waals surface area contributed by atoms with Gasteiger partial charge in [-0.1, -0.05) is 6.07 Å². The highest BCUT2D eigenvalue weighted by atomic mass is 16.7. The van der Waals surface area contributed by atoms with Crippen molar-refractivity contribution >= 4 is 17.3 Å². The number of hydroxylamine groups is 2. The Hall–Kier alpha value is -1.59. The van der Waals surface area contributed by atoms with Gasteiger partial charge in [0.2, 0.25) is 5.91 Å². The van der Waals surface area contributed by atoms with Gasteiger partial charge in [-0.3, -0.25) is 4.79 Å². The Morgan fingerprint density at radius 3 is 2.81 bits per heavy atom. The molecule has 1 rings (SSSR count). The Balaban J connectivity index is 2.64. The Morgan fingerprint density at radius 1 is 1.56 bits per heavy atom. The van der Waals surface area contributed by atoms with Crippen LogP contribution in [-0.4, -0.2) is 31.2 Å². The third-order valence-electron chi connectivity index (χ3n) is 2.37. The van der Waals surface area contributed by atoms with Crippen LogP contribution in [0.5, 0.6) is 0 Å². The lowest BCUT2D eigenvalue weighted by Gasteiger charge is -2.21. The number of carbonyl (C=O) groups is 1. The number of amides is 1. The molecule has 88 valence electrons. The highest BCUT2D eigenvalue weighted by Crippen LogP contribution is 2.12. The van der Waals surface area contributed by atoms with Crippen LogP contribution < -0.4 is 11.1 Å². The van der Waals surface area contributed by atoms with E-state index in [2.05, 4.69) is 5.32 Å². The molecule has 0 fully saturated rings. The molecule has 1 atom stereocenters. The van der Waals surface area contributed by atoms with E-state index >= 15 is 0 Å². The van der Waals surface area contributed by atoms with Gasteiger partial charge in [-0.25, -0.2) is 0 Å². The molecule has 1 amide bonds. The fourth-order valence-electron chi connectivity index (χ4n) is 1.19. The first-order valence-electron chi connectivity index (χ1n) is 4.98. The number of benzene rings is 1. The van der Waals surface area contributed by atoms with Crippen LogP contribution in [0.2, 0.25) is 0 Å². The molecule has 0 aromatic heterocycles. The first-order chi connectivity index (χ1) is 7.54. The summed E-state index contributed by atoms with van der Waals surface area (Å²) < 4.78 is 0. The molecule has 0 bridgehead atoms. The van der Waals surface area contributed by atoms with E-state index in [0.29, 0.717) is 11.4 Å². The fraction of sp³-hybridized carbons (Fsp3) is 0.364. The van der Waals surface area contributed by atoms with Crippen molar-refractivity contribution in [3.8, 4) is 0 Å². The quantitative estimate of drug-likeness (QED) is 0.592. The van der Waals surface area contributed by atoms with Gasteiger partial charge in [-0.2, -0.15) is 5.06 Å². The minimum Gasteiger partial charge on any atom is -0.399 e. The highest BCUT2D eigenvalue weighted by Gasteiger charge is 2.17. The van der Waals surface area contributed by atoms with Gasteiger partial charge in [0.05, 0.1) is 7.11 Å². The van der Waals surface area contributed by atoms with Crippen molar-refractivity contribution in [2.75, 3.05) is 25.2 Å². The number of rotatable bonds is 4. The SMILES string of the molecule is CON(C)C(C)C(=O)Nc1cccc(N)c1. The number of hydrogen-bond donors (Lipinski definition) is 2. The van der Waals surface area contributed by atoms with Crippen LogP contribution in [0.1, 0.15) is 6.92 Å². The standard InChI is InChI=1S/C11H17N3O2/c1-8(14(2)16-3)11(15)13-10-6-4-5-9(12)7-10/h4-8H,12H2,1-3H3,(H,13,15). The summed E-state index contributed by atoms with van der Waals surface area (Å²) in [5, 5.41) is 4.23. The lowest BCUT2D eigenvalue weighted by Crippen LogP contribution is -2.38. The average Bonchev–Trinajstić information content (AvgIpc) is 2.27. The van der Waals surface area contributed by atoms with Crippen LogP contribution in [-0.2, 0) is 9.63 Å². The van der Waals surface area contributed by atoms with Crippen molar-refractivity contribution < 1.29 is 9.63 Å². The van der Waals surface area contributed by atoms with Gasteiger partial charge in [0, 0.05) is 18.4 Å². The Labute approximate surface area is 95.1 Å². The molecule has 0 heterocycles. The number of anilines is 2. The summed E-state index contributed by atoms with van der Waals surface area (Å²) in [7, 11) is 3.22. The first kappa shape index (κ1) is 12.5. The number of carbonyl (C=O) groups excluding carboxylic acids is 1. The zero-order valence-electron chi connectivity index (χ0n) is 9.73. The predicted molar refractivity (Wildman–Crippen MR) is 63.7 cm³/mol. The number of nitrogens with zero attached hydrogens (tertiary/aromatic N) is 1. The lowest BCUT2D eigenvalue weighted by molar-refractivity contribution is -0.154. The van der Waals surface area contributed by atoms with Crippen LogP contribution in [0.4, 0.5) is 11.4 Å². The summed E-state index contributed by atoms with van der Waals surface area (Å²) in [6, 6.07) is 6.67. The van der Waals surface area contributed by atoms with Crippen molar-refractivity contribution in [2.24, 2.45) is 0 Å². The smallest absolute Gasteiger partial charge is 0.243 e. The minimum absolute atomic E-state index is 0.144. The highest BCUT2D eigenvalue weighted by molar-refractivity contribution is 5.94. The molecular formula is C11H17N3O2. The van der Waals surface area contributed by atoms with Gasteiger partial charge in [0.1, 0.15) is 6.04 Å². The number of nitrogen functional groups attached to an aromatic ring is 1. The van der Waals surface area contributed by atoms with Crippen LogP contribution in [0.3, 0.4) is 0 Å². The summed E-state index contributed by atoms with van der Waals surface area (Å²) in [4.78, 5) is 16.7. The van der Waals surface area contributed by atoms with Crippen LogP contribution in [0.15, 0.2) is 24.3 Å². The maximum atomic E-state index is 11.8. The monoisotopic (exact) mass is 223 g/mol. The minimum atomic E-state index is -0.369. The second-order valence-electron chi connectivity index (χ2n) is 3.52. The van der Waals surface area contributed by atoms with Crippen LogP contribution in [0, 0.1) is 0 Å². The Morgan fingerprint density at radius 2 is 2.25 bits per heavy atom. The van der Waals surface area contributed by atoms with E-state index in [1.54, 1.807) is 38.2 Å². The molecule has 0 saturated heterocycles. The maximum absolute atomic E-state index is 11.8. The van der Waals surface area contributed by atoms with Crippen molar-refractivity contribution in [1.29, 1.82) is 0 Å². The summed E-state index contributed by atoms with van der Waals surface area (Å²) >= 11 is 0. The maximum Gasteiger partial charge on any atom is 0.243 e. The lowest BCUT2D eigenvalue weighted by atomic mass is 10.2. The van der Waals surface area contributed by atoms with E-state index in [0.717, 1.165) is 0 Å². The van der Waals surface area contributed by atoms with E-state index in [1.807, 2.05) is 0 Å². The third-order valence-corrected chi connectivity index (χ3v) is 2.37. The number of hydrogen-bond acceptors (Lipinski definition) is 4. The molecule has 1 aromatic carbocycles.